The smallest absolute Gasteiger partial charge is 0.234 e. The standard InChI is InChI=1S/C23H37N3O2/c1-23(2,3)18-5-7-19(8-6-18)24-22(27)17-25-13-15-26(16-14-25)20-9-11-21(28-4)12-10-20/h9-12,18-19H,5-8,13-17H2,1-4H3,(H,24,27). The molecule has 1 saturated carbocycles. The summed E-state index contributed by atoms with van der Waals surface area (Å²) in [5, 5.41) is 3.29. The SMILES string of the molecule is COc1ccc(N2CCN(CC(=O)NC3CCC(C(C)(C)C)CC3)CC2)cc1. The van der Waals surface area contributed by atoms with E-state index < -0.39 is 0 Å². The van der Waals surface area contributed by atoms with Gasteiger partial charge in [-0.25, -0.2) is 0 Å². The van der Waals surface area contributed by atoms with Crippen molar-refractivity contribution in [3.8, 4) is 5.75 Å². The molecular formula is C23H37N3O2. The summed E-state index contributed by atoms with van der Waals surface area (Å²) in [5.41, 5.74) is 1.61. The van der Waals surface area contributed by atoms with Crippen molar-refractivity contribution in [2.24, 2.45) is 11.3 Å². The monoisotopic (exact) mass is 387 g/mol. The Morgan fingerprint density at radius 2 is 1.64 bits per heavy atom. The summed E-state index contributed by atoms with van der Waals surface area (Å²) in [5.74, 6) is 1.86. The molecule has 1 amide bonds. The van der Waals surface area contributed by atoms with Crippen LogP contribution in [0.15, 0.2) is 24.3 Å². The Morgan fingerprint density at radius 3 is 2.18 bits per heavy atom. The molecule has 0 atom stereocenters. The second kappa shape index (κ2) is 9.17. The molecule has 5 nitrogen and oxygen atoms in total. The van der Waals surface area contributed by atoms with Gasteiger partial charge in [0.1, 0.15) is 5.75 Å². The van der Waals surface area contributed by atoms with Crippen LogP contribution in [0.3, 0.4) is 0 Å². The van der Waals surface area contributed by atoms with Gasteiger partial charge in [0.2, 0.25) is 5.91 Å². The number of nitrogens with zero attached hydrogens (tertiary/aromatic N) is 2. The van der Waals surface area contributed by atoms with E-state index in [0.717, 1.165) is 50.7 Å². The molecule has 156 valence electrons. The average Bonchev–Trinajstić information content (AvgIpc) is 2.68. The van der Waals surface area contributed by atoms with Crippen LogP contribution in [0.2, 0.25) is 0 Å². The number of benzene rings is 1. The first kappa shape index (κ1) is 21.0. The van der Waals surface area contributed by atoms with Gasteiger partial charge < -0.3 is 15.0 Å². The lowest BCUT2D eigenvalue weighted by atomic mass is 9.71. The summed E-state index contributed by atoms with van der Waals surface area (Å²) < 4.78 is 5.23. The lowest BCUT2D eigenvalue weighted by molar-refractivity contribution is -0.123. The minimum atomic E-state index is 0.192. The zero-order chi connectivity index (χ0) is 20.1. The Labute approximate surface area is 170 Å². The van der Waals surface area contributed by atoms with Gasteiger partial charge in [0, 0.05) is 37.9 Å². The molecule has 1 heterocycles. The number of anilines is 1. The Balaban J connectivity index is 1.38. The van der Waals surface area contributed by atoms with Crippen LogP contribution < -0.4 is 15.0 Å². The van der Waals surface area contributed by atoms with Crippen LogP contribution in [0.4, 0.5) is 5.69 Å². The highest BCUT2D eigenvalue weighted by Crippen LogP contribution is 2.37. The number of amides is 1. The molecule has 0 aromatic heterocycles. The first-order valence-corrected chi connectivity index (χ1v) is 10.8. The van der Waals surface area contributed by atoms with Gasteiger partial charge >= 0.3 is 0 Å². The zero-order valence-electron chi connectivity index (χ0n) is 18.0. The van der Waals surface area contributed by atoms with E-state index in [2.05, 4.69) is 48.0 Å². The molecule has 5 heteroatoms. The van der Waals surface area contributed by atoms with Crippen LogP contribution in [0.25, 0.3) is 0 Å². The van der Waals surface area contributed by atoms with E-state index in [1.165, 1.54) is 18.5 Å². The molecule has 0 bridgehead atoms. The van der Waals surface area contributed by atoms with E-state index in [0.29, 0.717) is 18.0 Å². The number of ether oxygens (including phenoxy) is 1. The van der Waals surface area contributed by atoms with Crippen molar-refractivity contribution >= 4 is 11.6 Å². The third kappa shape index (κ3) is 5.63. The number of rotatable bonds is 5. The van der Waals surface area contributed by atoms with Crippen LogP contribution in [0.5, 0.6) is 5.75 Å². The van der Waals surface area contributed by atoms with Crippen LogP contribution >= 0.6 is 0 Å². The molecule has 1 aliphatic carbocycles. The van der Waals surface area contributed by atoms with Crippen molar-refractivity contribution in [1.82, 2.24) is 10.2 Å². The predicted molar refractivity (Wildman–Crippen MR) is 115 cm³/mol. The van der Waals surface area contributed by atoms with Crippen LogP contribution in [0.1, 0.15) is 46.5 Å². The van der Waals surface area contributed by atoms with Gasteiger partial charge in [-0.15, -0.1) is 0 Å². The van der Waals surface area contributed by atoms with Crippen LogP contribution in [0, 0.1) is 11.3 Å². The second-order valence-electron chi connectivity index (χ2n) is 9.44. The van der Waals surface area contributed by atoms with Crippen molar-refractivity contribution in [3.63, 3.8) is 0 Å². The minimum absolute atomic E-state index is 0.192. The van der Waals surface area contributed by atoms with Crippen molar-refractivity contribution in [2.75, 3.05) is 44.7 Å². The molecule has 1 aromatic carbocycles. The molecule has 1 aromatic rings. The summed E-state index contributed by atoms with van der Waals surface area (Å²) in [6.07, 6.45) is 4.71. The summed E-state index contributed by atoms with van der Waals surface area (Å²) in [6.45, 7) is 11.3. The van der Waals surface area contributed by atoms with Crippen molar-refractivity contribution in [3.05, 3.63) is 24.3 Å². The largest absolute Gasteiger partial charge is 0.497 e. The maximum atomic E-state index is 12.5. The van der Waals surface area contributed by atoms with Gasteiger partial charge in [-0.3, -0.25) is 9.69 Å². The molecule has 0 spiro atoms. The normalized spacial score (nSPS) is 24.1. The molecule has 1 aliphatic heterocycles. The van der Waals surface area contributed by atoms with E-state index in [1.807, 2.05) is 12.1 Å². The Kier molecular flexibility index (Phi) is 6.86. The van der Waals surface area contributed by atoms with Crippen LogP contribution in [-0.2, 0) is 4.79 Å². The number of carbonyl (C=O) groups is 1. The fourth-order valence-corrected chi connectivity index (χ4v) is 4.54. The Morgan fingerprint density at radius 1 is 1.04 bits per heavy atom. The van der Waals surface area contributed by atoms with Gasteiger partial charge in [-0.1, -0.05) is 20.8 Å². The number of hydrogen-bond donors (Lipinski definition) is 1. The van der Waals surface area contributed by atoms with Crippen molar-refractivity contribution in [1.29, 1.82) is 0 Å². The third-order valence-electron chi connectivity index (χ3n) is 6.49. The highest BCUT2D eigenvalue weighted by molar-refractivity contribution is 5.78. The first-order valence-electron chi connectivity index (χ1n) is 10.8. The molecule has 1 saturated heterocycles. The van der Waals surface area contributed by atoms with Crippen LogP contribution in [-0.4, -0.2) is 56.7 Å². The molecule has 3 rings (SSSR count). The fraction of sp³-hybridized carbons (Fsp3) is 0.696. The van der Waals surface area contributed by atoms with Gasteiger partial charge in [-0.05, 0) is 61.3 Å². The van der Waals surface area contributed by atoms with Crippen molar-refractivity contribution < 1.29 is 9.53 Å². The minimum Gasteiger partial charge on any atom is -0.497 e. The third-order valence-corrected chi connectivity index (χ3v) is 6.49. The molecular weight excluding hydrogens is 350 g/mol. The summed E-state index contributed by atoms with van der Waals surface area (Å²) in [6, 6.07) is 8.59. The molecule has 0 radical (unpaired) electrons. The summed E-state index contributed by atoms with van der Waals surface area (Å²) >= 11 is 0. The molecule has 2 aliphatic rings. The molecule has 0 unspecified atom stereocenters. The quantitative estimate of drug-likeness (QED) is 0.839. The second-order valence-corrected chi connectivity index (χ2v) is 9.44. The number of hydrogen-bond acceptors (Lipinski definition) is 4. The van der Waals surface area contributed by atoms with E-state index in [9.17, 15) is 4.79 Å². The number of carbonyl (C=O) groups excluding carboxylic acids is 1. The highest BCUT2D eigenvalue weighted by Gasteiger charge is 2.30. The number of piperazine rings is 1. The number of nitrogens with one attached hydrogen (secondary N) is 1. The fourth-order valence-electron chi connectivity index (χ4n) is 4.54. The lowest BCUT2D eigenvalue weighted by Gasteiger charge is -2.38. The maximum Gasteiger partial charge on any atom is 0.234 e. The van der Waals surface area contributed by atoms with E-state index >= 15 is 0 Å². The van der Waals surface area contributed by atoms with Gasteiger partial charge in [0.05, 0.1) is 13.7 Å². The molecule has 2 fully saturated rings. The van der Waals surface area contributed by atoms with Crippen molar-refractivity contribution in [2.45, 2.75) is 52.5 Å². The average molecular weight is 388 g/mol. The van der Waals surface area contributed by atoms with Gasteiger partial charge in [0.25, 0.3) is 0 Å². The zero-order valence-corrected chi connectivity index (χ0v) is 18.0. The summed E-state index contributed by atoms with van der Waals surface area (Å²) in [4.78, 5) is 17.2. The first-order chi connectivity index (χ1) is 13.3. The van der Waals surface area contributed by atoms with E-state index in [1.54, 1.807) is 7.11 Å². The van der Waals surface area contributed by atoms with Gasteiger partial charge in [0.15, 0.2) is 0 Å². The summed E-state index contributed by atoms with van der Waals surface area (Å²) in [7, 11) is 1.69. The van der Waals surface area contributed by atoms with E-state index in [-0.39, 0.29) is 5.91 Å². The lowest BCUT2D eigenvalue weighted by Crippen LogP contribution is -2.51. The van der Waals surface area contributed by atoms with Gasteiger partial charge in [-0.2, -0.15) is 0 Å². The Bertz CT molecular complexity index is 622. The topological polar surface area (TPSA) is 44.8 Å². The van der Waals surface area contributed by atoms with E-state index in [4.69, 9.17) is 4.74 Å². The highest BCUT2D eigenvalue weighted by atomic mass is 16.5. The number of methoxy groups -OCH3 is 1. The Hall–Kier alpha value is -1.75. The molecule has 1 N–H and O–H groups in total. The predicted octanol–water partition coefficient (Wildman–Crippen LogP) is 3.54. The maximum absolute atomic E-state index is 12.5. The molecule has 28 heavy (non-hydrogen) atoms.